The van der Waals surface area contributed by atoms with Crippen molar-refractivity contribution in [1.29, 1.82) is 0 Å². The third-order valence-corrected chi connectivity index (χ3v) is 2.68. The van der Waals surface area contributed by atoms with Gasteiger partial charge in [-0.15, -0.1) is 0 Å². The standard InChI is InChI=1S/C11H11BrFNO3/c1-2-9(11(16)17)14-10(15)7-5-6(12)3-4-8(7)13/h3-5,9H,2H2,1H3,(H,14,15)(H,16,17)/t9-/m0/s1. The highest BCUT2D eigenvalue weighted by Gasteiger charge is 2.20. The number of benzene rings is 1. The van der Waals surface area contributed by atoms with Gasteiger partial charge in [0.15, 0.2) is 0 Å². The molecule has 4 nitrogen and oxygen atoms in total. The summed E-state index contributed by atoms with van der Waals surface area (Å²) < 4.78 is 13.9. The summed E-state index contributed by atoms with van der Waals surface area (Å²) in [5.74, 6) is -2.57. The molecule has 0 unspecified atom stereocenters. The van der Waals surface area contributed by atoms with Crippen LogP contribution in [0.2, 0.25) is 0 Å². The highest BCUT2D eigenvalue weighted by atomic mass is 79.9. The van der Waals surface area contributed by atoms with Crippen molar-refractivity contribution in [2.24, 2.45) is 0 Å². The molecule has 0 aliphatic rings. The second kappa shape index (κ2) is 5.77. The topological polar surface area (TPSA) is 66.4 Å². The summed E-state index contributed by atoms with van der Waals surface area (Å²) in [5, 5.41) is 11.0. The van der Waals surface area contributed by atoms with Crippen LogP contribution in [0.3, 0.4) is 0 Å². The molecule has 0 spiro atoms. The van der Waals surface area contributed by atoms with Crippen LogP contribution in [-0.4, -0.2) is 23.0 Å². The Hall–Kier alpha value is -1.43. The Bertz CT molecular complexity index is 450. The minimum Gasteiger partial charge on any atom is -0.480 e. The Kier molecular flexibility index (Phi) is 4.62. The van der Waals surface area contributed by atoms with Crippen molar-refractivity contribution < 1.29 is 19.1 Å². The lowest BCUT2D eigenvalue weighted by Crippen LogP contribution is -2.40. The number of hydrogen-bond donors (Lipinski definition) is 2. The van der Waals surface area contributed by atoms with E-state index in [0.717, 1.165) is 6.07 Å². The van der Waals surface area contributed by atoms with Gasteiger partial charge in [0.25, 0.3) is 5.91 Å². The zero-order chi connectivity index (χ0) is 13.0. The predicted molar refractivity (Wildman–Crippen MR) is 63.3 cm³/mol. The van der Waals surface area contributed by atoms with E-state index in [1.54, 1.807) is 6.92 Å². The molecule has 1 atom stereocenters. The van der Waals surface area contributed by atoms with Gasteiger partial charge in [-0.05, 0) is 24.6 Å². The minimum absolute atomic E-state index is 0.181. The van der Waals surface area contributed by atoms with Gasteiger partial charge in [-0.1, -0.05) is 22.9 Å². The molecule has 17 heavy (non-hydrogen) atoms. The van der Waals surface area contributed by atoms with E-state index in [-0.39, 0.29) is 12.0 Å². The van der Waals surface area contributed by atoms with Crippen molar-refractivity contribution in [3.63, 3.8) is 0 Å². The molecule has 0 saturated carbocycles. The van der Waals surface area contributed by atoms with E-state index in [9.17, 15) is 14.0 Å². The van der Waals surface area contributed by atoms with Crippen LogP contribution in [0.15, 0.2) is 22.7 Å². The Morgan fingerprint density at radius 1 is 1.53 bits per heavy atom. The number of rotatable bonds is 4. The number of carboxylic acids is 1. The minimum atomic E-state index is -1.14. The van der Waals surface area contributed by atoms with E-state index in [4.69, 9.17) is 5.11 Å². The zero-order valence-corrected chi connectivity index (χ0v) is 10.6. The monoisotopic (exact) mass is 303 g/mol. The van der Waals surface area contributed by atoms with Gasteiger partial charge in [0.1, 0.15) is 11.9 Å². The van der Waals surface area contributed by atoms with Crippen LogP contribution in [0, 0.1) is 5.82 Å². The molecule has 0 aromatic heterocycles. The van der Waals surface area contributed by atoms with Gasteiger partial charge in [-0.2, -0.15) is 0 Å². The van der Waals surface area contributed by atoms with Gasteiger partial charge in [-0.25, -0.2) is 9.18 Å². The van der Waals surface area contributed by atoms with Crippen molar-refractivity contribution in [1.82, 2.24) is 5.32 Å². The van der Waals surface area contributed by atoms with Crippen LogP contribution < -0.4 is 5.32 Å². The molecule has 0 radical (unpaired) electrons. The summed E-state index contributed by atoms with van der Waals surface area (Å²) in [6.45, 7) is 1.62. The maximum Gasteiger partial charge on any atom is 0.326 e. The van der Waals surface area contributed by atoms with E-state index in [1.165, 1.54) is 12.1 Å². The highest BCUT2D eigenvalue weighted by molar-refractivity contribution is 9.10. The summed E-state index contributed by atoms with van der Waals surface area (Å²) in [6, 6.07) is 2.89. The lowest BCUT2D eigenvalue weighted by molar-refractivity contribution is -0.139. The smallest absolute Gasteiger partial charge is 0.326 e. The third-order valence-electron chi connectivity index (χ3n) is 2.18. The summed E-state index contributed by atoms with van der Waals surface area (Å²) in [7, 11) is 0. The summed E-state index contributed by atoms with van der Waals surface area (Å²) in [6.07, 6.45) is 0.233. The predicted octanol–water partition coefficient (Wildman–Crippen LogP) is 2.18. The number of aliphatic carboxylic acids is 1. The molecule has 0 saturated heterocycles. The Labute approximate surface area is 106 Å². The van der Waals surface area contributed by atoms with E-state index in [2.05, 4.69) is 21.2 Å². The van der Waals surface area contributed by atoms with Crippen molar-refractivity contribution in [3.05, 3.63) is 34.1 Å². The average Bonchev–Trinajstić information content (AvgIpc) is 2.28. The van der Waals surface area contributed by atoms with Crippen LogP contribution in [-0.2, 0) is 4.79 Å². The second-order valence-electron chi connectivity index (χ2n) is 3.40. The Morgan fingerprint density at radius 2 is 2.18 bits per heavy atom. The number of hydrogen-bond acceptors (Lipinski definition) is 2. The maximum atomic E-state index is 13.3. The van der Waals surface area contributed by atoms with E-state index < -0.39 is 23.7 Å². The van der Waals surface area contributed by atoms with Crippen LogP contribution in [0.5, 0.6) is 0 Å². The Balaban J connectivity index is 2.89. The summed E-state index contributed by atoms with van der Waals surface area (Å²) >= 11 is 3.11. The number of carbonyl (C=O) groups is 2. The molecule has 0 fully saturated rings. The fourth-order valence-corrected chi connectivity index (χ4v) is 1.61. The Morgan fingerprint density at radius 3 is 2.71 bits per heavy atom. The van der Waals surface area contributed by atoms with Gasteiger partial charge < -0.3 is 10.4 Å². The van der Waals surface area contributed by atoms with Crippen LogP contribution in [0.25, 0.3) is 0 Å². The first-order valence-corrected chi connectivity index (χ1v) is 5.73. The lowest BCUT2D eigenvalue weighted by Gasteiger charge is -2.12. The molecule has 6 heteroatoms. The maximum absolute atomic E-state index is 13.3. The molecule has 1 amide bonds. The molecule has 0 aliphatic carbocycles. The zero-order valence-electron chi connectivity index (χ0n) is 9.04. The second-order valence-corrected chi connectivity index (χ2v) is 4.31. The molecule has 2 N–H and O–H groups in total. The third kappa shape index (κ3) is 3.52. The van der Waals surface area contributed by atoms with Crippen molar-refractivity contribution >= 4 is 27.8 Å². The number of carboxylic acid groups (broad SMARTS) is 1. The number of amides is 1. The van der Waals surface area contributed by atoms with E-state index in [0.29, 0.717) is 4.47 Å². The summed E-state index contributed by atoms with van der Waals surface area (Å²) in [4.78, 5) is 22.4. The molecule has 1 aromatic carbocycles. The molecular weight excluding hydrogens is 293 g/mol. The number of halogens is 2. The van der Waals surface area contributed by atoms with E-state index in [1.807, 2.05) is 0 Å². The fourth-order valence-electron chi connectivity index (χ4n) is 1.25. The molecule has 1 rings (SSSR count). The average molecular weight is 304 g/mol. The largest absolute Gasteiger partial charge is 0.480 e. The van der Waals surface area contributed by atoms with Gasteiger partial charge >= 0.3 is 5.97 Å². The first kappa shape index (κ1) is 13.6. The van der Waals surface area contributed by atoms with Crippen LogP contribution in [0.4, 0.5) is 4.39 Å². The molecular formula is C11H11BrFNO3. The SMILES string of the molecule is CC[C@H](NC(=O)c1cc(Br)ccc1F)C(=O)O. The molecule has 0 aliphatic heterocycles. The van der Waals surface area contributed by atoms with Crippen molar-refractivity contribution in [3.8, 4) is 0 Å². The van der Waals surface area contributed by atoms with E-state index >= 15 is 0 Å². The molecule has 92 valence electrons. The van der Waals surface area contributed by atoms with Crippen molar-refractivity contribution in [2.75, 3.05) is 0 Å². The quantitative estimate of drug-likeness (QED) is 0.896. The lowest BCUT2D eigenvalue weighted by atomic mass is 10.1. The van der Waals surface area contributed by atoms with Gasteiger partial charge in [0.2, 0.25) is 0 Å². The number of carbonyl (C=O) groups excluding carboxylic acids is 1. The van der Waals surface area contributed by atoms with Gasteiger partial charge in [-0.3, -0.25) is 4.79 Å². The molecule has 0 heterocycles. The summed E-state index contributed by atoms with van der Waals surface area (Å²) in [5.41, 5.74) is -0.181. The van der Waals surface area contributed by atoms with Crippen LogP contribution in [0.1, 0.15) is 23.7 Å². The molecule has 1 aromatic rings. The fraction of sp³-hybridized carbons (Fsp3) is 0.273. The first-order valence-electron chi connectivity index (χ1n) is 4.94. The van der Waals surface area contributed by atoms with Gasteiger partial charge in [0, 0.05) is 4.47 Å². The van der Waals surface area contributed by atoms with Crippen molar-refractivity contribution in [2.45, 2.75) is 19.4 Å². The first-order chi connectivity index (χ1) is 7.95. The van der Waals surface area contributed by atoms with Crippen LogP contribution >= 0.6 is 15.9 Å². The van der Waals surface area contributed by atoms with Gasteiger partial charge in [0.05, 0.1) is 5.56 Å². The number of nitrogens with one attached hydrogen (secondary N) is 1. The normalized spacial score (nSPS) is 11.9. The molecule has 0 bridgehead atoms. The highest BCUT2D eigenvalue weighted by Crippen LogP contribution is 2.15.